The molecule has 0 heterocycles. The summed E-state index contributed by atoms with van der Waals surface area (Å²) in [5, 5.41) is 80.9. The molecule has 0 radical (unpaired) electrons. The van der Waals surface area contributed by atoms with Gasteiger partial charge in [-0.2, -0.15) is 0 Å². The topological polar surface area (TPSA) is 283 Å². The van der Waals surface area contributed by atoms with Gasteiger partial charge in [-0.1, -0.05) is 0 Å². The van der Waals surface area contributed by atoms with E-state index in [-0.39, 0.29) is 39.3 Å². The van der Waals surface area contributed by atoms with Gasteiger partial charge in [-0.15, -0.1) is 0 Å². The summed E-state index contributed by atoms with van der Waals surface area (Å²) >= 11 is 0. The van der Waals surface area contributed by atoms with E-state index < -0.39 is 101 Å². The third-order valence-electron chi connectivity index (χ3n) is 7.21. The number of hydrogen-bond donors (Lipinski definition) is 12. The van der Waals surface area contributed by atoms with Gasteiger partial charge in [-0.25, -0.2) is 0 Å². The summed E-state index contributed by atoms with van der Waals surface area (Å²) in [7, 11) is -10.0. The average molecular weight is 696 g/mol. The number of benzene rings is 2. The van der Waals surface area contributed by atoms with E-state index in [1.54, 1.807) is 0 Å². The van der Waals surface area contributed by atoms with Crippen LogP contribution in [0, 0.1) is 0 Å². The molecule has 12 N–H and O–H groups in total. The Morgan fingerprint density at radius 1 is 0.581 bits per heavy atom. The molecule has 0 aliphatic carbocycles. The Labute approximate surface area is 257 Å². The fraction of sp³-hybridized carbons (Fsp3) is 0.500. The Kier molecular flexibility index (Phi) is 14.6. The van der Waals surface area contributed by atoms with Crippen LogP contribution in [-0.2, 0) is 52.5 Å². The van der Waals surface area contributed by atoms with E-state index in [0.717, 1.165) is 47.9 Å². The van der Waals surface area contributed by atoms with Crippen LogP contribution in [0.15, 0.2) is 24.3 Å². The molecule has 0 aromatic heterocycles. The maximum atomic E-state index is 12.4. The Bertz CT molecular complexity index is 1320. The van der Waals surface area contributed by atoms with Crippen LogP contribution in [0.3, 0.4) is 0 Å². The van der Waals surface area contributed by atoms with Crippen molar-refractivity contribution in [1.82, 2.24) is 9.80 Å². The van der Waals surface area contributed by atoms with Crippen LogP contribution in [0.4, 0.5) is 0 Å². The predicted molar refractivity (Wildman–Crippen MR) is 147 cm³/mol. The van der Waals surface area contributed by atoms with Crippen molar-refractivity contribution in [3.05, 3.63) is 46.5 Å². The van der Waals surface area contributed by atoms with Gasteiger partial charge in [0.25, 0.3) is 0 Å². The maximum absolute atomic E-state index is 12.4. The van der Waals surface area contributed by atoms with E-state index in [9.17, 15) is 69.6 Å². The summed E-state index contributed by atoms with van der Waals surface area (Å²) in [6.07, 6.45) is 0. The van der Waals surface area contributed by atoms with E-state index in [1.165, 1.54) is 0 Å². The molecule has 0 aliphatic heterocycles. The molecule has 16 nitrogen and oxygen atoms in total. The molecule has 19 heteroatoms. The van der Waals surface area contributed by atoms with Gasteiger partial charge in [0.1, 0.15) is 34.6 Å². The molecule has 0 saturated heterocycles. The van der Waals surface area contributed by atoms with Gasteiger partial charge < -0.3 is 60.4 Å². The third-order valence-corrected chi connectivity index (χ3v) is 9.75. The molecule has 0 fully saturated rings. The molecule has 0 spiro atoms. The van der Waals surface area contributed by atoms with Crippen molar-refractivity contribution in [2.24, 2.45) is 0 Å². The van der Waals surface area contributed by atoms with Crippen molar-refractivity contribution in [3.63, 3.8) is 0 Å². The molecule has 43 heavy (non-hydrogen) atoms. The van der Waals surface area contributed by atoms with Crippen LogP contribution in [0.2, 0.25) is 0 Å². The van der Waals surface area contributed by atoms with Crippen LogP contribution in [0.25, 0.3) is 0 Å². The van der Waals surface area contributed by atoms with E-state index in [1.807, 2.05) is 0 Å². The van der Waals surface area contributed by atoms with E-state index in [0.29, 0.717) is 0 Å². The fourth-order valence-corrected chi connectivity index (χ4v) is 5.85. The van der Waals surface area contributed by atoms with E-state index in [4.69, 9.17) is 0 Å². The summed E-state index contributed by atoms with van der Waals surface area (Å²) in [6, 6.07) is 1.12. The first-order valence-corrected chi connectivity index (χ1v) is 15.9. The zero-order valence-corrected chi connectivity index (χ0v) is 26.1. The second-order valence-electron chi connectivity index (χ2n) is 9.82. The number of aliphatic hydroxyl groups excluding tert-OH is 4. The largest absolute Gasteiger partial charge is 2.00 e. The third kappa shape index (κ3) is 9.60. The first-order valence-electron chi connectivity index (χ1n) is 12.5. The molecule has 0 saturated carbocycles. The molecule has 3 unspecified atom stereocenters. The molecule has 2 aromatic rings. The summed E-state index contributed by atoms with van der Waals surface area (Å²) in [6.45, 7) is -2.08. The van der Waals surface area contributed by atoms with E-state index >= 15 is 0 Å². The molecule has 2 rings (SSSR count). The van der Waals surface area contributed by atoms with Crippen molar-refractivity contribution in [1.29, 1.82) is 0 Å². The Hall–Kier alpha value is -1.78. The quantitative estimate of drug-likeness (QED) is 0.0639. The number of hydrogen-bond acceptors (Lipinski definition) is 12. The number of aliphatic hydroxyl groups is 4. The zero-order valence-electron chi connectivity index (χ0n) is 23.2. The van der Waals surface area contributed by atoms with Gasteiger partial charge in [-0.05, 0) is 32.0 Å². The summed E-state index contributed by atoms with van der Waals surface area (Å²) in [5.74, 6) is -5.34. The monoisotopic (exact) mass is 696 g/mol. The summed E-state index contributed by atoms with van der Waals surface area (Å²) in [5.41, 5.74) is -0.234. The smallest absolute Gasteiger partial charge is 0.508 e. The minimum absolute atomic E-state index is 0. The van der Waals surface area contributed by atoms with Gasteiger partial charge in [0.2, 0.25) is 0 Å². The van der Waals surface area contributed by atoms with Gasteiger partial charge >= 0.3 is 32.3 Å². The van der Waals surface area contributed by atoms with Crippen molar-refractivity contribution in [2.75, 3.05) is 13.2 Å². The minimum atomic E-state index is -5.01. The number of phenols is 4. The standard InChI is InChI=1S/C24H38N2O14P2.Fe/c1-13(41(35,36)37)25(7-15-3-17(9-27)24(34)6-23(15)33)19(11-29)20(12-30)26(14(2)42(38,39)40)8-16-4-22(32)18(10-28)5-21(16)31;/h3-6,13-14,19-20,27-34H,7-12H2,1-2H3,(H2,35,36,37)(H2,38,39,40);/q;+2/t13?,14?,19?,20-;/m1./s1. The van der Waals surface area contributed by atoms with Crippen molar-refractivity contribution in [3.8, 4) is 23.0 Å². The molecule has 2 aromatic carbocycles. The van der Waals surface area contributed by atoms with Crippen molar-refractivity contribution >= 4 is 15.2 Å². The van der Waals surface area contributed by atoms with Crippen LogP contribution < -0.4 is 0 Å². The fourth-order valence-electron chi connectivity index (χ4n) is 4.57. The Morgan fingerprint density at radius 3 is 1.26 bits per heavy atom. The summed E-state index contributed by atoms with van der Waals surface area (Å²) in [4.78, 5) is 42.1. The van der Waals surface area contributed by atoms with Crippen molar-refractivity contribution < 1.29 is 86.6 Å². The van der Waals surface area contributed by atoms with Crippen LogP contribution in [0.1, 0.15) is 36.1 Å². The summed E-state index contributed by atoms with van der Waals surface area (Å²) < 4.78 is 24.8. The minimum Gasteiger partial charge on any atom is -0.508 e. The normalized spacial score (nSPS) is 15.3. The van der Waals surface area contributed by atoms with Gasteiger partial charge in [0, 0.05) is 41.4 Å². The number of phenolic OH excluding ortho intramolecular Hbond substituents is 2. The van der Waals surface area contributed by atoms with E-state index in [2.05, 4.69) is 0 Å². The molecule has 4 atom stereocenters. The number of aromatic hydroxyl groups is 4. The second kappa shape index (κ2) is 16.0. The maximum Gasteiger partial charge on any atom is 2.00 e. The molecule has 0 aliphatic rings. The van der Waals surface area contributed by atoms with Crippen LogP contribution >= 0.6 is 15.2 Å². The van der Waals surface area contributed by atoms with Crippen molar-refractivity contribution in [2.45, 2.75) is 63.8 Å². The van der Waals surface area contributed by atoms with Crippen LogP contribution in [-0.4, -0.2) is 107 Å². The number of nitrogens with zero attached hydrogens (tertiary/aromatic N) is 2. The average Bonchev–Trinajstić information content (AvgIpc) is 2.90. The van der Waals surface area contributed by atoms with Crippen LogP contribution in [0.5, 0.6) is 23.0 Å². The second-order valence-corrected chi connectivity index (χ2v) is 13.7. The Morgan fingerprint density at radius 2 is 0.884 bits per heavy atom. The van der Waals surface area contributed by atoms with Gasteiger partial charge in [0.05, 0.1) is 38.5 Å². The molecular weight excluding hydrogens is 658 g/mol. The SMILES string of the molecule is CC(N(Cc1cc(CO)c(O)cc1O)C(CO)[C@@H](CO)N(Cc1cc(O)c(CO)cc1O)C(C)P(=O)(O)O)P(=O)(O)O.[Fe+2]. The first kappa shape index (κ1) is 39.2. The predicted octanol–water partition coefficient (Wildman–Crippen LogP) is -0.436. The molecular formula is C24H38FeN2O14P2+2. The molecule has 0 bridgehead atoms. The van der Waals surface area contributed by atoms with Gasteiger partial charge in [0.15, 0.2) is 0 Å². The first-order chi connectivity index (χ1) is 19.4. The van der Waals surface area contributed by atoms with Gasteiger partial charge in [-0.3, -0.25) is 18.9 Å². The molecule has 244 valence electrons. The Balaban J connectivity index is 0.00000924. The molecule has 0 amide bonds. The number of rotatable bonds is 15. The zero-order chi connectivity index (χ0) is 32.2.